The second-order valence-electron chi connectivity index (χ2n) is 4.88. The number of hydrogen-bond acceptors (Lipinski definition) is 1. The Morgan fingerprint density at radius 3 is 2.33 bits per heavy atom. The highest BCUT2D eigenvalue weighted by molar-refractivity contribution is 5.31. The van der Waals surface area contributed by atoms with Gasteiger partial charge in [0.1, 0.15) is 5.82 Å². The molecular formula is C16H15F4N. The van der Waals surface area contributed by atoms with Gasteiger partial charge in [-0.2, -0.15) is 0 Å². The number of likely N-dealkylation sites (N-methyl/N-ethyl adjacent to an activating group) is 1. The Balaban J connectivity index is 2.34. The second kappa shape index (κ2) is 6.26. The Labute approximate surface area is 120 Å². The van der Waals surface area contributed by atoms with E-state index in [4.69, 9.17) is 0 Å². The van der Waals surface area contributed by atoms with Crippen molar-refractivity contribution in [3.8, 4) is 0 Å². The number of rotatable bonds is 4. The molecule has 0 aliphatic rings. The molecule has 2 aromatic carbocycles. The summed E-state index contributed by atoms with van der Waals surface area (Å²) < 4.78 is 53.3. The van der Waals surface area contributed by atoms with E-state index in [0.29, 0.717) is 6.42 Å². The molecule has 112 valence electrons. The van der Waals surface area contributed by atoms with Crippen LogP contribution in [-0.2, 0) is 6.42 Å². The van der Waals surface area contributed by atoms with Crippen molar-refractivity contribution in [2.45, 2.75) is 19.4 Å². The number of benzene rings is 2. The summed E-state index contributed by atoms with van der Waals surface area (Å²) in [5.74, 6) is -4.25. The molecule has 2 aromatic rings. The molecule has 0 saturated heterocycles. The Morgan fingerprint density at radius 2 is 1.71 bits per heavy atom. The smallest absolute Gasteiger partial charge is 0.194 e. The minimum atomic E-state index is -1.48. The van der Waals surface area contributed by atoms with Gasteiger partial charge in [0.05, 0.1) is 0 Å². The van der Waals surface area contributed by atoms with Gasteiger partial charge < -0.3 is 5.32 Å². The van der Waals surface area contributed by atoms with Gasteiger partial charge >= 0.3 is 0 Å². The van der Waals surface area contributed by atoms with E-state index in [1.807, 2.05) is 0 Å². The molecule has 0 amide bonds. The van der Waals surface area contributed by atoms with Gasteiger partial charge in [0.15, 0.2) is 17.5 Å². The predicted molar refractivity (Wildman–Crippen MR) is 73.0 cm³/mol. The van der Waals surface area contributed by atoms with E-state index in [9.17, 15) is 17.6 Å². The summed E-state index contributed by atoms with van der Waals surface area (Å²) in [7, 11) is 1.60. The van der Waals surface area contributed by atoms with Gasteiger partial charge in [-0.25, -0.2) is 17.6 Å². The Morgan fingerprint density at radius 1 is 1.00 bits per heavy atom. The van der Waals surface area contributed by atoms with E-state index < -0.39 is 23.5 Å². The summed E-state index contributed by atoms with van der Waals surface area (Å²) in [5.41, 5.74) is 1.57. The molecule has 0 bridgehead atoms. The summed E-state index contributed by atoms with van der Waals surface area (Å²) in [6, 6.07) is 5.88. The molecule has 0 fully saturated rings. The molecule has 0 aromatic heterocycles. The highest BCUT2D eigenvalue weighted by atomic mass is 19.2. The molecule has 1 N–H and O–H groups in total. The van der Waals surface area contributed by atoms with Crippen LogP contribution >= 0.6 is 0 Å². The maximum Gasteiger partial charge on any atom is 0.194 e. The number of nitrogens with one attached hydrogen (secondary N) is 1. The van der Waals surface area contributed by atoms with Crippen LogP contribution in [0.15, 0.2) is 30.3 Å². The van der Waals surface area contributed by atoms with Crippen molar-refractivity contribution in [2.24, 2.45) is 0 Å². The van der Waals surface area contributed by atoms with Gasteiger partial charge in [-0.1, -0.05) is 12.1 Å². The van der Waals surface area contributed by atoms with Crippen LogP contribution < -0.4 is 5.32 Å². The Bertz CT molecular complexity index is 655. The molecule has 1 atom stereocenters. The lowest BCUT2D eigenvalue weighted by atomic mass is 9.95. The van der Waals surface area contributed by atoms with Crippen LogP contribution in [0, 0.1) is 30.2 Å². The Hall–Kier alpha value is -1.88. The van der Waals surface area contributed by atoms with Crippen molar-refractivity contribution in [2.75, 3.05) is 7.05 Å². The van der Waals surface area contributed by atoms with Crippen LogP contribution in [0.25, 0.3) is 0 Å². The summed E-state index contributed by atoms with van der Waals surface area (Å²) in [5, 5.41) is 2.87. The van der Waals surface area contributed by atoms with Gasteiger partial charge in [-0.05, 0) is 49.7 Å². The predicted octanol–water partition coefficient (Wildman–Crippen LogP) is 4.05. The van der Waals surface area contributed by atoms with Gasteiger partial charge in [0.25, 0.3) is 0 Å². The summed E-state index contributed by atoms with van der Waals surface area (Å²) in [6.07, 6.45) is 0.338. The first-order chi connectivity index (χ1) is 9.93. The average molecular weight is 297 g/mol. The first kappa shape index (κ1) is 15.5. The zero-order valence-electron chi connectivity index (χ0n) is 11.7. The molecule has 1 nitrogen and oxygen atoms in total. The topological polar surface area (TPSA) is 12.0 Å². The minimum Gasteiger partial charge on any atom is -0.313 e. The third-order valence-electron chi connectivity index (χ3n) is 3.52. The van der Waals surface area contributed by atoms with Crippen molar-refractivity contribution in [1.82, 2.24) is 5.32 Å². The molecule has 2 rings (SSSR count). The van der Waals surface area contributed by atoms with Crippen LogP contribution in [0.4, 0.5) is 17.6 Å². The molecule has 0 radical (unpaired) electrons. The fourth-order valence-electron chi connectivity index (χ4n) is 2.29. The lowest BCUT2D eigenvalue weighted by Crippen LogP contribution is -2.21. The second-order valence-corrected chi connectivity index (χ2v) is 4.88. The molecule has 0 aliphatic heterocycles. The summed E-state index contributed by atoms with van der Waals surface area (Å²) in [6.45, 7) is 1.74. The fraction of sp³-hybridized carbons (Fsp3) is 0.250. The maximum absolute atomic E-state index is 13.9. The van der Waals surface area contributed by atoms with Gasteiger partial charge in [0.2, 0.25) is 0 Å². The van der Waals surface area contributed by atoms with Crippen molar-refractivity contribution >= 4 is 0 Å². The van der Waals surface area contributed by atoms with Crippen LogP contribution in [0.3, 0.4) is 0 Å². The molecule has 5 heteroatoms. The quantitative estimate of drug-likeness (QED) is 0.663. The molecule has 21 heavy (non-hydrogen) atoms. The average Bonchev–Trinajstić information content (AvgIpc) is 2.45. The first-order valence-electron chi connectivity index (χ1n) is 6.49. The monoisotopic (exact) mass is 297 g/mol. The number of aryl methyl sites for hydroxylation is 1. The van der Waals surface area contributed by atoms with Crippen molar-refractivity contribution < 1.29 is 17.6 Å². The molecule has 0 spiro atoms. The van der Waals surface area contributed by atoms with Crippen LogP contribution in [0.2, 0.25) is 0 Å². The van der Waals surface area contributed by atoms with Crippen LogP contribution in [0.1, 0.15) is 22.7 Å². The third kappa shape index (κ3) is 3.24. The molecule has 0 saturated carbocycles. The van der Waals surface area contributed by atoms with Crippen molar-refractivity contribution in [1.29, 1.82) is 0 Å². The van der Waals surface area contributed by atoms with Crippen molar-refractivity contribution in [3.63, 3.8) is 0 Å². The molecule has 0 aliphatic carbocycles. The molecule has 1 unspecified atom stereocenters. The zero-order valence-corrected chi connectivity index (χ0v) is 11.7. The van der Waals surface area contributed by atoms with E-state index in [2.05, 4.69) is 5.32 Å². The highest BCUT2D eigenvalue weighted by Crippen LogP contribution is 2.25. The largest absolute Gasteiger partial charge is 0.313 e. The fourth-order valence-corrected chi connectivity index (χ4v) is 2.29. The van der Waals surface area contributed by atoms with E-state index in [1.165, 1.54) is 18.2 Å². The van der Waals surface area contributed by atoms with Gasteiger partial charge in [-0.15, -0.1) is 0 Å². The normalized spacial score (nSPS) is 12.5. The van der Waals surface area contributed by atoms with Gasteiger partial charge in [0, 0.05) is 11.6 Å². The lowest BCUT2D eigenvalue weighted by molar-refractivity contribution is 0.428. The van der Waals surface area contributed by atoms with Crippen molar-refractivity contribution in [3.05, 3.63) is 70.3 Å². The number of hydrogen-bond donors (Lipinski definition) is 1. The van der Waals surface area contributed by atoms with Crippen LogP contribution in [-0.4, -0.2) is 7.05 Å². The first-order valence-corrected chi connectivity index (χ1v) is 6.49. The van der Waals surface area contributed by atoms with Crippen LogP contribution in [0.5, 0.6) is 0 Å². The maximum atomic E-state index is 13.9. The highest BCUT2D eigenvalue weighted by Gasteiger charge is 2.20. The van der Waals surface area contributed by atoms with E-state index in [-0.39, 0.29) is 11.4 Å². The number of halogens is 4. The van der Waals surface area contributed by atoms with E-state index >= 15 is 0 Å². The third-order valence-corrected chi connectivity index (χ3v) is 3.52. The Kier molecular flexibility index (Phi) is 4.63. The summed E-state index contributed by atoms with van der Waals surface area (Å²) >= 11 is 0. The minimum absolute atomic E-state index is 0.0418. The van der Waals surface area contributed by atoms with E-state index in [0.717, 1.165) is 17.2 Å². The van der Waals surface area contributed by atoms with E-state index in [1.54, 1.807) is 20.0 Å². The standard InChI is InChI=1S/C16H15F4N/c1-9-7-11(17)4-3-10(9)8-14(21-2)12-5-6-13(18)16(20)15(12)19/h3-7,14,21H,8H2,1-2H3. The lowest BCUT2D eigenvalue weighted by Gasteiger charge is -2.19. The zero-order chi connectivity index (χ0) is 15.6. The SMILES string of the molecule is CNC(Cc1ccc(F)cc1C)c1ccc(F)c(F)c1F. The molecular weight excluding hydrogens is 282 g/mol. The summed E-state index contributed by atoms with van der Waals surface area (Å²) in [4.78, 5) is 0. The van der Waals surface area contributed by atoms with Gasteiger partial charge in [-0.3, -0.25) is 0 Å². The molecule has 0 heterocycles.